The lowest BCUT2D eigenvalue weighted by Gasteiger charge is -2.30. The van der Waals surface area contributed by atoms with Gasteiger partial charge < -0.3 is 19.0 Å². The van der Waals surface area contributed by atoms with Crippen molar-refractivity contribution in [3.63, 3.8) is 0 Å². The van der Waals surface area contributed by atoms with Gasteiger partial charge in [-0.2, -0.15) is 0 Å². The molecule has 1 unspecified atom stereocenters. The van der Waals surface area contributed by atoms with Crippen molar-refractivity contribution in [1.29, 1.82) is 0 Å². The maximum atomic E-state index is 12.8. The fraction of sp³-hybridized carbons (Fsp3) is 0.750. The summed E-state index contributed by atoms with van der Waals surface area (Å²) < 4.78 is 15.3. The van der Waals surface area contributed by atoms with Crippen LogP contribution < -0.4 is 0 Å². The molecule has 0 N–H and O–H groups in total. The van der Waals surface area contributed by atoms with Crippen LogP contribution in [-0.2, 0) is 47.8 Å². The Morgan fingerprint density at radius 2 is 1.65 bits per heavy atom. The summed E-state index contributed by atoms with van der Waals surface area (Å²) in [5.41, 5.74) is 0. The van der Waals surface area contributed by atoms with Crippen LogP contribution in [0.4, 0.5) is 0 Å². The van der Waals surface area contributed by atoms with Gasteiger partial charge in [0.2, 0.25) is 11.8 Å². The molecular formula is C24H34N2O10S. The highest BCUT2D eigenvalue weighted by Crippen LogP contribution is 2.33. The zero-order valence-corrected chi connectivity index (χ0v) is 22.0. The van der Waals surface area contributed by atoms with Crippen molar-refractivity contribution in [2.45, 2.75) is 63.2 Å². The van der Waals surface area contributed by atoms with E-state index in [9.17, 15) is 28.8 Å². The Hall–Kier alpha value is -2.51. The highest BCUT2D eigenvalue weighted by molar-refractivity contribution is 8.00. The quantitative estimate of drug-likeness (QED) is 0.185. The molecule has 2 heterocycles. The minimum Gasteiger partial charge on any atom is -0.467 e. The van der Waals surface area contributed by atoms with Gasteiger partial charge in [0.25, 0.3) is 11.8 Å². The molecule has 2 saturated heterocycles. The molecule has 0 aromatic rings. The molecule has 3 aliphatic rings. The number of hydroxylamine groups is 2. The monoisotopic (exact) mass is 542 g/mol. The zero-order valence-electron chi connectivity index (χ0n) is 21.2. The van der Waals surface area contributed by atoms with Gasteiger partial charge in [0.05, 0.1) is 38.1 Å². The topological polar surface area (TPSA) is 146 Å². The lowest BCUT2D eigenvalue weighted by Crippen LogP contribution is -2.39. The molecule has 2 aliphatic heterocycles. The van der Waals surface area contributed by atoms with Gasteiger partial charge in [-0.05, 0) is 38.5 Å². The molecule has 12 nitrogen and oxygen atoms in total. The van der Waals surface area contributed by atoms with Crippen molar-refractivity contribution < 1.29 is 47.8 Å². The number of carbonyl (C=O) groups excluding carboxylic acids is 6. The van der Waals surface area contributed by atoms with Crippen molar-refractivity contribution in [3.8, 4) is 0 Å². The third-order valence-corrected chi connectivity index (χ3v) is 7.86. The second-order valence-electron chi connectivity index (χ2n) is 9.26. The average Bonchev–Trinajstić information content (AvgIpc) is 3.35. The Balaban J connectivity index is 1.31. The summed E-state index contributed by atoms with van der Waals surface area (Å²) in [6, 6.07) is 0. The minimum absolute atomic E-state index is 0.0514. The summed E-state index contributed by atoms with van der Waals surface area (Å²) in [4.78, 5) is 78.5. The van der Waals surface area contributed by atoms with Gasteiger partial charge in [-0.25, -0.2) is 9.59 Å². The van der Waals surface area contributed by atoms with Gasteiger partial charge in [0, 0.05) is 31.6 Å². The molecule has 4 amide bonds. The summed E-state index contributed by atoms with van der Waals surface area (Å²) in [5, 5.41) is 0.131. The van der Waals surface area contributed by atoms with E-state index < -0.39 is 41.0 Å². The summed E-state index contributed by atoms with van der Waals surface area (Å²) in [7, 11) is 1.29. The molecule has 2 atom stereocenters. The van der Waals surface area contributed by atoms with Gasteiger partial charge in [0.15, 0.2) is 6.10 Å². The number of nitrogens with zero attached hydrogens (tertiary/aromatic N) is 2. The van der Waals surface area contributed by atoms with Crippen molar-refractivity contribution in [1.82, 2.24) is 9.96 Å². The first kappa shape index (κ1) is 29.1. The van der Waals surface area contributed by atoms with Crippen molar-refractivity contribution >= 4 is 47.3 Å². The van der Waals surface area contributed by atoms with Crippen LogP contribution in [0.2, 0.25) is 0 Å². The van der Waals surface area contributed by atoms with Gasteiger partial charge in [-0.1, -0.05) is 0 Å². The standard InChI is InChI=1S/C24H34N2O10S/c1-15(23(31)33-2)35-10-9-34-11-12-37-18-13-21(29)25(22(18)30)14-16-3-5-17(6-4-16)24(32)36-26-19(27)7-8-20(26)28/h15-18H,3-14H2,1-2H3/t15-,16-,17-,18?/m0/s1. The first-order valence-electron chi connectivity index (χ1n) is 12.5. The number of hydrogen-bond donors (Lipinski definition) is 0. The molecule has 3 rings (SSSR count). The van der Waals surface area contributed by atoms with Gasteiger partial charge in [-0.3, -0.25) is 24.1 Å². The van der Waals surface area contributed by atoms with Crippen molar-refractivity contribution in [3.05, 3.63) is 0 Å². The Bertz CT molecular complexity index is 873. The number of rotatable bonds is 13. The van der Waals surface area contributed by atoms with Crippen LogP contribution in [0.3, 0.4) is 0 Å². The molecule has 0 aromatic heterocycles. The lowest BCUT2D eigenvalue weighted by molar-refractivity contribution is -0.201. The van der Waals surface area contributed by atoms with Crippen LogP contribution in [0.5, 0.6) is 0 Å². The Kier molecular flexibility index (Phi) is 10.9. The lowest BCUT2D eigenvalue weighted by atomic mass is 9.82. The summed E-state index contributed by atoms with van der Waals surface area (Å²) in [5.74, 6) is -2.22. The second-order valence-corrected chi connectivity index (χ2v) is 10.6. The molecule has 0 bridgehead atoms. The van der Waals surface area contributed by atoms with E-state index in [4.69, 9.17) is 14.3 Å². The number of likely N-dealkylation sites (tertiary alicyclic amines) is 1. The van der Waals surface area contributed by atoms with E-state index in [2.05, 4.69) is 4.74 Å². The van der Waals surface area contributed by atoms with E-state index >= 15 is 0 Å². The molecule has 3 fully saturated rings. The minimum atomic E-state index is -0.661. The molecule has 206 valence electrons. The fourth-order valence-electron chi connectivity index (χ4n) is 4.51. The third-order valence-electron chi connectivity index (χ3n) is 6.69. The largest absolute Gasteiger partial charge is 0.467 e. The van der Waals surface area contributed by atoms with Crippen molar-refractivity contribution in [2.24, 2.45) is 11.8 Å². The van der Waals surface area contributed by atoms with E-state index in [-0.39, 0.29) is 43.6 Å². The molecule has 1 saturated carbocycles. The molecule has 0 spiro atoms. The highest BCUT2D eigenvalue weighted by atomic mass is 32.2. The number of methoxy groups -OCH3 is 1. The van der Waals surface area contributed by atoms with E-state index in [1.54, 1.807) is 6.92 Å². The van der Waals surface area contributed by atoms with E-state index in [1.165, 1.54) is 23.8 Å². The number of imide groups is 2. The molecule has 0 aromatic carbocycles. The SMILES string of the molecule is COC(=O)[C@H](C)OCCOCCSC1CC(=O)N(C[C@H]2CC[C@H](C(=O)ON3C(=O)CCC3=O)CC2)C1=O. The number of hydrogen-bond acceptors (Lipinski definition) is 11. The Labute approximate surface area is 219 Å². The average molecular weight is 543 g/mol. The van der Waals surface area contributed by atoms with Crippen LogP contribution in [-0.4, -0.2) is 96.1 Å². The van der Waals surface area contributed by atoms with Crippen LogP contribution in [0.15, 0.2) is 0 Å². The third kappa shape index (κ3) is 7.99. The number of carbonyl (C=O) groups is 6. The van der Waals surface area contributed by atoms with Crippen LogP contribution in [0.1, 0.15) is 51.9 Å². The predicted molar refractivity (Wildman–Crippen MR) is 128 cm³/mol. The summed E-state index contributed by atoms with van der Waals surface area (Å²) in [6.45, 7) is 2.84. The zero-order chi connectivity index (χ0) is 26.9. The molecule has 13 heteroatoms. The second kappa shape index (κ2) is 13.9. The van der Waals surface area contributed by atoms with Crippen LogP contribution in [0, 0.1) is 11.8 Å². The molecule has 1 aliphatic carbocycles. The maximum absolute atomic E-state index is 12.8. The number of amides is 4. The van der Waals surface area contributed by atoms with Gasteiger partial charge in [0.1, 0.15) is 0 Å². The highest BCUT2D eigenvalue weighted by Gasteiger charge is 2.41. The summed E-state index contributed by atoms with van der Waals surface area (Å²) >= 11 is 1.38. The maximum Gasteiger partial charge on any atom is 0.336 e. The Morgan fingerprint density at radius 1 is 0.973 bits per heavy atom. The molecular weight excluding hydrogens is 508 g/mol. The smallest absolute Gasteiger partial charge is 0.336 e. The number of esters is 1. The normalized spacial score (nSPS) is 25.1. The molecule has 37 heavy (non-hydrogen) atoms. The van der Waals surface area contributed by atoms with Crippen molar-refractivity contribution in [2.75, 3.05) is 39.2 Å². The van der Waals surface area contributed by atoms with E-state index in [0.717, 1.165) is 0 Å². The van der Waals surface area contributed by atoms with Crippen LogP contribution >= 0.6 is 11.8 Å². The van der Waals surface area contributed by atoms with E-state index in [1.807, 2.05) is 0 Å². The summed E-state index contributed by atoms with van der Waals surface area (Å²) in [6.07, 6.45) is 1.89. The van der Waals surface area contributed by atoms with E-state index in [0.29, 0.717) is 56.3 Å². The number of thioether (sulfide) groups is 1. The Morgan fingerprint density at radius 3 is 2.30 bits per heavy atom. The van der Waals surface area contributed by atoms with Crippen LogP contribution in [0.25, 0.3) is 0 Å². The molecule has 0 radical (unpaired) electrons. The van der Waals surface area contributed by atoms with Gasteiger partial charge in [-0.15, -0.1) is 16.8 Å². The number of ether oxygens (including phenoxy) is 3. The predicted octanol–water partition coefficient (Wildman–Crippen LogP) is 0.855. The van der Waals surface area contributed by atoms with Gasteiger partial charge >= 0.3 is 11.9 Å². The first-order chi connectivity index (χ1) is 17.7. The first-order valence-corrected chi connectivity index (χ1v) is 13.6. The fourth-order valence-corrected chi connectivity index (χ4v) is 5.53.